The number of ether oxygens (including phenoxy) is 1. The standard InChI is InChI=1S/C23H20Cl2N2O4/c24-17-9-4-11-19(23(17)25)27-21(29)14-31-22(30)13-5-12-20(28)26-18-10-3-7-15-6-1-2-8-16(15)18/h1-4,6-11H,5,12-14H2,(H,26,28)(H,27,29). The highest BCUT2D eigenvalue weighted by Gasteiger charge is 2.12. The van der Waals surface area contributed by atoms with Gasteiger partial charge in [-0.15, -0.1) is 0 Å². The molecule has 0 bridgehead atoms. The first kappa shape index (κ1) is 22.6. The van der Waals surface area contributed by atoms with Crippen molar-refractivity contribution in [1.82, 2.24) is 0 Å². The third-order valence-corrected chi connectivity index (χ3v) is 5.26. The van der Waals surface area contributed by atoms with Gasteiger partial charge in [0.25, 0.3) is 5.91 Å². The van der Waals surface area contributed by atoms with E-state index in [1.165, 1.54) is 0 Å². The minimum Gasteiger partial charge on any atom is -0.456 e. The smallest absolute Gasteiger partial charge is 0.306 e. The molecule has 0 aliphatic heterocycles. The van der Waals surface area contributed by atoms with Crippen LogP contribution in [0.15, 0.2) is 60.7 Å². The summed E-state index contributed by atoms with van der Waals surface area (Å²) in [5.41, 5.74) is 1.06. The zero-order chi connectivity index (χ0) is 22.2. The third-order valence-electron chi connectivity index (χ3n) is 4.44. The van der Waals surface area contributed by atoms with Crippen molar-refractivity contribution >= 4 is 63.1 Å². The molecule has 3 rings (SSSR count). The van der Waals surface area contributed by atoms with Crippen LogP contribution in [0.3, 0.4) is 0 Å². The zero-order valence-corrected chi connectivity index (χ0v) is 18.0. The van der Waals surface area contributed by atoms with Crippen LogP contribution in [0.1, 0.15) is 19.3 Å². The van der Waals surface area contributed by atoms with E-state index in [-0.39, 0.29) is 23.8 Å². The van der Waals surface area contributed by atoms with Crippen molar-refractivity contribution < 1.29 is 19.1 Å². The Labute approximate surface area is 189 Å². The number of fused-ring (bicyclic) bond motifs is 1. The molecule has 0 unspecified atom stereocenters. The van der Waals surface area contributed by atoms with E-state index in [9.17, 15) is 14.4 Å². The Morgan fingerprint density at radius 2 is 1.45 bits per heavy atom. The molecule has 31 heavy (non-hydrogen) atoms. The molecule has 0 radical (unpaired) electrons. The Morgan fingerprint density at radius 1 is 0.774 bits per heavy atom. The van der Waals surface area contributed by atoms with E-state index >= 15 is 0 Å². The van der Waals surface area contributed by atoms with Crippen LogP contribution in [0, 0.1) is 0 Å². The quantitative estimate of drug-likeness (QED) is 0.440. The molecule has 0 spiro atoms. The molecule has 0 heterocycles. The lowest BCUT2D eigenvalue weighted by molar-refractivity contribution is -0.147. The number of rotatable bonds is 8. The van der Waals surface area contributed by atoms with Crippen molar-refractivity contribution in [2.24, 2.45) is 0 Å². The number of carbonyl (C=O) groups excluding carboxylic acids is 3. The Bertz CT molecular complexity index is 1110. The molecule has 0 saturated carbocycles. The summed E-state index contributed by atoms with van der Waals surface area (Å²) < 4.78 is 4.95. The third kappa shape index (κ3) is 6.44. The van der Waals surface area contributed by atoms with Crippen molar-refractivity contribution in [2.45, 2.75) is 19.3 Å². The van der Waals surface area contributed by atoms with Gasteiger partial charge < -0.3 is 15.4 Å². The Balaban J connectivity index is 1.39. The van der Waals surface area contributed by atoms with E-state index in [0.29, 0.717) is 17.1 Å². The lowest BCUT2D eigenvalue weighted by Crippen LogP contribution is -2.21. The predicted molar refractivity (Wildman–Crippen MR) is 122 cm³/mol. The minimum atomic E-state index is -0.565. The molecular formula is C23H20Cl2N2O4. The molecule has 0 saturated heterocycles. The van der Waals surface area contributed by atoms with Gasteiger partial charge in [-0.2, -0.15) is 0 Å². The van der Waals surface area contributed by atoms with Crippen LogP contribution in [-0.2, 0) is 19.1 Å². The summed E-state index contributed by atoms with van der Waals surface area (Å²) in [6.45, 7) is -0.454. The Hall–Kier alpha value is -3.09. The number of esters is 1. The molecule has 0 atom stereocenters. The first-order chi connectivity index (χ1) is 14.9. The second kappa shape index (κ2) is 10.8. The van der Waals surface area contributed by atoms with Crippen LogP contribution < -0.4 is 10.6 Å². The Morgan fingerprint density at radius 3 is 2.29 bits per heavy atom. The van der Waals surface area contributed by atoms with Crippen LogP contribution in [0.2, 0.25) is 10.0 Å². The van der Waals surface area contributed by atoms with E-state index in [1.807, 2.05) is 42.5 Å². The van der Waals surface area contributed by atoms with E-state index < -0.39 is 18.5 Å². The minimum absolute atomic E-state index is 0.0220. The van der Waals surface area contributed by atoms with Crippen molar-refractivity contribution in [3.8, 4) is 0 Å². The van der Waals surface area contributed by atoms with Gasteiger partial charge in [0, 0.05) is 23.9 Å². The van der Waals surface area contributed by atoms with Crippen LogP contribution in [0.25, 0.3) is 10.8 Å². The molecule has 2 amide bonds. The zero-order valence-electron chi connectivity index (χ0n) is 16.5. The maximum Gasteiger partial charge on any atom is 0.306 e. The second-order valence-corrected chi connectivity index (χ2v) is 7.52. The van der Waals surface area contributed by atoms with E-state index in [1.54, 1.807) is 18.2 Å². The Kier molecular flexibility index (Phi) is 7.87. The molecule has 3 aromatic carbocycles. The SMILES string of the molecule is O=C(COC(=O)CCCC(=O)Nc1cccc2ccccc12)Nc1cccc(Cl)c1Cl. The van der Waals surface area contributed by atoms with Crippen LogP contribution >= 0.6 is 23.2 Å². The lowest BCUT2D eigenvalue weighted by Gasteiger charge is -2.09. The number of hydrogen-bond donors (Lipinski definition) is 2. The fourth-order valence-electron chi connectivity index (χ4n) is 2.95. The van der Waals surface area contributed by atoms with Crippen molar-refractivity contribution in [3.05, 3.63) is 70.7 Å². The summed E-state index contributed by atoms with van der Waals surface area (Å²) in [6.07, 6.45) is 0.480. The normalized spacial score (nSPS) is 10.5. The van der Waals surface area contributed by atoms with E-state index in [2.05, 4.69) is 10.6 Å². The number of benzene rings is 3. The second-order valence-electron chi connectivity index (χ2n) is 6.74. The maximum atomic E-state index is 12.2. The maximum absolute atomic E-state index is 12.2. The fourth-order valence-corrected chi connectivity index (χ4v) is 3.29. The highest BCUT2D eigenvalue weighted by Crippen LogP contribution is 2.29. The molecule has 160 valence electrons. The molecule has 6 nitrogen and oxygen atoms in total. The lowest BCUT2D eigenvalue weighted by atomic mass is 10.1. The van der Waals surface area contributed by atoms with Gasteiger partial charge in [-0.3, -0.25) is 14.4 Å². The first-order valence-corrected chi connectivity index (χ1v) is 10.4. The summed E-state index contributed by atoms with van der Waals surface area (Å²) in [4.78, 5) is 36.0. The average molecular weight is 459 g/mol. The van der Waals surface area contributed by atoms with Crippen LogP contribution in [0.5, 0.6) is 0 Å². The number of hydrogen-bond acceptors (Lipinski definition) is 4. The van der Waals surface area contributed by atoms with Crippen molar-refractivity contribution in [1.29, 1.82) is 0 Å². The summed E-state index contributed by atoms with van der Waals surface area (Å²) in [5.74, 6) is -1.30. The fraction of sp³-hybridized carbons (Fsp3) is 0.174. The van der Waals surface area contributed by atoms with E-state index in [4.69, 9.17) is 27.9 Å². The summed E-state index contributed by atoms with van der Waals surface area (Å²) in [7, 11) is 0. The molecule has 0 aliphatic rings. The van der Waals surface area contributed by atoms with Gasteiger partial charge in [0.2, 0.25) is 5.91 Å². The number of carbonyl (C=O) groups is 3. The van der Waals surface area contributed by atoms with Gasteiger partial charge in [-0.05, 0) is 30.0 Å². The van der Waals surface area contributed by atoms with Crippen molar-refractivity contribution in [2.75, 3.05) is 17.2 Å². The molecule has 0 aliphatic carbocycles. The molecular weight excluding hydrogens is 439 g/mol. The topological polar surface area (TPSA) is 84.5 Å². The van der Waals surface area contributed by atoms with Crippen molar-refractivity contribution in [3.63, 3.8) is 0 Å². The molecule has 0 aromatic heterocycles. The largest absolute Gasteiger partial charge is 0.456 e. The number of halogens is 2. The van der Waals surface area contributed by atoms with E-state index in [0.717, 1.165) is 16.5 Å². The number of amides is 2. The average Bonchev–Trinajstić information content (AvgIpc) is 2.76. The highest BCUT2D eigenvalue weighted by molar-refractivity contribution is 6.44. The predicted octanol–water partition coefficient (Wildman–Crippen LogP) is 5.44. The first-order valence-electron chi connectivity index (χ1n) is 9.61. The van der Waals surface area contributed by atoms with Gasteiger partial charge in [0.1, 0.15) is 0 Å². The molecule has 2 N–H and O–H groups in total. The van der Waals surface area contributed by atoms with Gasteiger partial charge in [0.05, 0.1) is 15.7 Å². The van der Waals surface area contributed by atoms with Gasteiger partial charge >= 0.3 is 5.97 Å². The monoisotopic (exact) mass is 458 g/mol. The number of anilines is 2. The summed E-state index contributed by atoms with van der Waals surface area (Å²) in [5, 5.41) is 7.88. The van der Waals surface area contributed by atoms with Gasteiger partial charge in [0.15, 0.2) is 6.61 Å². The summed E-state index contributed by atoms with van der Waals surface area (Å²) >= 11 is 11.9. The van der Waals surface area contributed by atoms with Gasteiger partial charge in [-0.25, -0.2) is 0 Å². The van der Waals surface area contributed by atoms with Gasteiger partial charge in [-0.1, -0.05) is 65.7 Å². The number of nitrogens with one attached hydrogen (secondary N) is 2. The summed E-state index contributed by atoms with van der Waals surface area (Å²) in [6, 6.07) is 18.2. The highest BCUT2D eigenvalue weighted by atomic mass is 35.5. The molecule has 8 heteroatoms. The van der Waals surface area contributed by atoms with Crippen LogP contribution in [-0.4, -0.2) is 24.4 Å². The van der Waals surface area contributed by atoms with Crippen LogP contribution in [0.4, 0.5) is 11.4 Å². The molecule has 0 fully saturated rings. The molecule has 3 aromatic rings.